The SMILES string of the molecule is CCOC(=O)C1=C(c2ccccc2)N=c2s/c(=C\c3ccncc3)c(=O)n2[C@@H]1c1ccc(OC)cc1. The van der Waals surface area contributed by atoms with Gasteiger partial charge in [-0.3, -0.25) is 14.3 Å². The number of esters is 1. The number of carbonyl (C=O) groups is 1. The van der Waals surface area contributed by atoms with Gasteiger partial charge < -0.3 is 9.47 Å². The first-order chi connectivity index (χ1) is 17.6. The molecule has 0 saturated heterocycles. The Labute approximate surface area is 211 Å². The van der Waals surface area contributed by atoms with Crippen molar-refractivity contribution in [2.24, 2.45) is 4.99 Å². The molecule has 0 N–H and O–H groups in total. The predicted octanol–water partition coefficient (Wildman–Crippen LogP) is 3.34. The molecule has 2 aromatic carbocycles. The largest absolute Gasteiger partial charge is 0.497 e. The molecule has 1 aliphatic heterocycles. The molecular formula is C28H23N3O4S. The highest BCUT2D eigenvalue weighted by Gasteiger charge is 2.35. The van der Waals surface area contributed by atoms with Crippen molar-refractivity contribution in [3.05, 3.63) is 121 Å². The Balaban J connectivity index is 1.82. The maximum atomic E-state index is 13.8. The highest BCUT2D eigenvalue weighted by molar-refractivity contribution is 7.07. The fraction of sp³-hybridized carbons (Fsp3) is 0.143. The van der Waals surface area contributed by atoms with Crippen molar-refractivity contribution in [1.29, 1.82) is 0 Å². The lowest BCUT2D eigenvalue weighted by molar-refractivity contribution is -0.138. The summed E-state index contributed by atoms with van der Waals surface area (Å²) in [6, 6.07) is 19.8. The van der Waals surface area contributed by atoms with Crippen molar-refractivity contribution < 1.29 is 14.3 Å². The van der Waals surface area contributed by atoms with Gasteiger partial charge in [0.2, 0.25) is 0 Å². The zero-order valence-electron chi connectivity index (χ0n) is 19.8. The van der Waals surface area contributed by atoms with Crippen LogP contribution in [0.4, 0.5) is 0 Å². The molecule has 5 rings (SSSR count). The highest BCUT2D eigenvalue weighted by Crippen LogP contribution is 2.35. The van der Waals surface area contributed by atoms with Crippen molar-refractivity contribution in [3.63, 3.8) is 0 Å². The van der Waals surface area contributed by atoms with Crippen LogP contribution >= 0.6 is 11.3 Å². The van der Waals surface area contributed by atoms with Crippen LogP contribution in [0, 0.1) is 0 Å². The number of methoxy groups -OCH3 is 1. The second-order valence-electron chi connectivity index (χ2n) is 7.99. The molecule has 8 heteroatoms. The molecule has 36 heavy (non-hydrogen) atoms. The minimum atomic E-state index is -0.721. The van der Waals surface area contributed by atoms with Gasteiger partial charge in [0.25, 0.3) is 5.56 Å². The summed E-state index contributed by atoms with van der Waals surface area (Å²) in [7, 11) is 1.59. The number of rotatable bonds is 6. The molecule has 0 saturated carbocycles. The van der Waals surface area contributed by atoms with Gasteiger partial charge in [-0.05, 0) is 48.4 Å². The van der Waals surface area contributed by atoms with Crippen LogP contribution in [0.2, 0.25) is 0 Å². The first-order valence-corrected chi connectivity index (χ1v) is 12.2. The molecule has 180 valence electrons. The van der Waals surface area contributed by atoms with Gasteiger partial charge in [0, 0.05) is 18.0 Å². The van der Waals surface area contributed by atoms with Gasteiger partial charge in [-0.1, -0.05) is 53.8 Å². The lowest BCUT2D eigenvalue weighted by Gasteiger charge is -2.26. The molecule has 1 aliphatic rings. The summed E-state index contributed by atoms with van der Waals surface area (Å²) in [6.07, 6.45) is 5.16. The molecule has 0 aliphatic carbocycles. The van der Waals surface area contributed by atoms with Crippen molar-refractivity contribution in [2.45, 2.75) is 13.0 Å². The summed E-state index contributed by atoms with van der Waals surface area (Å²) in [5, 5.41) is 0. The van der Waals surface area contributed by atoms with Crippen LogP contribution in [0.3, 0.4) is 0 Å². The summed E-state index contributed by atoms with van der Waals surface area (Å²) in [6.45, 7) is 1.96. The summed E-state index contributed by atoms with van der Waals surface area (Å²) in [4.78, 5) is 36.6. The van der Waals surface area contributed by atoms with Crippen LogP contribution in [-0.4, -0.2) is 29.2 Å². The molecule has 0 unspecified atom stereocenters. The summed E-state index contributed by atoms with van der Waals surface area (Å²) in [5.41, 5.74) is 2.95. The Bertz CT molecular complexity index is 1610. The number of carbonyl (C=O) groups excluding carboxylic acids is 1. The van der Waals surface area contributed by atoms with Crippen molar-refractivity contribution in [3.8, 4) is 5.75 Å². The third-order valence-corrected chi connectivity index (χ3v) is 6.79. The Kier molecular flexibility index (Phi) is 6.60. The Morgan fingerprint density at radius 2 is 1.78 bits per heavy atom. The lowest BCUT2D eigenvalue weighted by atomic mass is 9.93. The topological polar surface area (TPSA) is 82.8 Å². The molecule has 0 radical (unpaired) electrons. The van der Waals surface area contributed by atoms with Crippen LogP contribution in [0.25, 0.3) is 11.8 Å². The molecular weight excluding hydrogens is 474 g/mol. The van der Waals surface area contributed by atoms with Crippen molar-refractivity contribution >= 4 is 29.1 Å². The molecule has 0 amide bonds. The van der Waals surface area contributed by atoms with E-state index in [4.69, 9.17) is 14.5 Å². The zero-order valence-corrected chi connectivity index (χ0v) is 20.6. The Morgan fingerprint density at radius 1 is 1.06 bits per heavy atom. The van der Waals surface area contributed by atoms with Gasteiger partial charge in [-0.25, -0.2) is 9.79 Å². The Hall–Kier alpha value is -4.30. The van der Waals surface area contributed by atoms with Crippen LogP contribution in [-0.2, 0) is 9.53 Å². The van der Waals surface area contributed by atoms with Crippen LogP contribution in [0.1, 0.15) is 29.7 Å². The standard InChI is InChI=1S/C28H23N3O4S/c1-3-35-27(33)23-24(19-7-5-4-6-8-19)30-28-31(25(23)20-9-11-21(34-2)12-10-20)26(32)22(36-28)17-18-13-15-29-16-14-18/h4-17,25H,3H2,1-2H3/b22-17-/t25-/m1/s1. The smallest absolute Gasteiger partial charge is 0.338 e. The number of hydrogen-bond acceptors (Lipinski definition) is 7. The molecule has 0 spiro atoms. The predicted molar refractivity (Wildman–Crippen MR) is 138 cm³/mol. The number of nitrogens with zero attached hydrogens (tertiary/aromatic N) is 3. The minimum absolute atomic E-state index is 0.201. The minimum Gasteiger partial charge on any atom is -0.497 e. The fourth-order valence-electron chi connectivity index (χ4n) is 4.15. The summed E-state index contributed by atoms with van der Waals surface area (Å²) < 4.78 is 12.9. The van der Waals surface area contributed by atoms with E-state index < -0.39 is 12.0 Å². The van der Waals surface area contributed by atoms with Gasteiger partial charge in [0.15, 0.2) is 4.80 Å². The maximum absolute atomic E-state index is 13.8. The molecule has 1 atom stereocenters. The first kappa shape index (κ1) is 23.4. The monoisotopic (exact) mass is 497 g/mol. The number of pyridine rings is 1. The quantitative estimate of drug-likeness (QED) is 0.382. The molecule has 3 heterocycles. The van der Waals surface area contributed by atoms with Crippen LogP contribution < -0.4 is 19.6 Å². The van der Waals surface area contributed by atoms with Gasteiger partial charge in [-0.2, -0.15) is 0 Å². The number of fused-ring (bicyclic) bond motifs is 1. The second kappa shape index (κ2) is 10.1. The third kappa shape index (κ3) is 4.38. The molecule has 7 nitrogen and oxygen atoms in total. The van der Waals surface area contributed by atoms with Gasteiger partial charge >= 0.3 is 5.97 Å². The van der Waals surface area contributed by atoms with Gasteiger partial charge in [0.1, 0.15) is 5.75 Å². The van der Waals surface area contributed by atoms with Crippen LogP contribution in [0.15, 0.2) is 94.5 Å². The van der Waals surface area contributed by atoms with Gasteiger partial charge in [0.05, 0.1) is 35.6 Å². The van der Waals surface area contributed by atoms with E-state index in [0.717, 1.165) is 16.7 Å². The van der Waals surface area contributed by atoms with Gasteiger partial charge in [-0.15, -0.1) is 0 Å². The van der Waals surface area contributed by atoms with Crippen molar-refractivity contribution in [1.82, 2.24) is 9.55 Å². The van der Waals surface area contributed by atoms with E-state index in [1.165, 1.54) is 11.3 Å². The van der Waals surface area contributed by atoms with E-state index in [9.17, 15) is 9.59 Å². The van der Waals surface area contributed by atoms with E-state index in [0.29, 0.717) is 26.4 Å². The van der Waals surface area contributed by atoms with E-state index in [1.54, 1.807) is 31.0 Å². The summed E-state index contributed by atoms with van der Waals surface area (Å²) in [5.74, 6) is 0.165. The van der Waals surface area contributed by atoms with E-state index >= 15 is 0 Å². The number of ether oxygens (including phenoxy) is 2. The van der Waals surface area contributed by atoms with Crippen LogP contribution in [0.5, 0.6) is 5.75 Å². The average Bonchev–Trinajstić information content (AvgIpc) is 3.23. The number of hydrogen-bond donors (Lipinski definition) is 0. The zero-order chi connectivity index (χ0) is 25.1. The average molecular weight is 498 g/mol. The molecule has 0 bridgehead atoms. The maximum Gasteiger partial charge on any atom is 0.338 e. The van der Waals surface area contributed by atoms with E-state index in [-0.39, 0.29) is 12.2 Å². The van der Waals surface area contributed by atoms with Crippen molar-refractivity contribution in [2.75, 3.05) is 13.7 Å². The molecule has 2 aromatic heterocycles. The number of aromatic nitrogens is 2. The Morgan fingerprint density at radius 3 is 2.44 bits per heavy atom. The second-order valence-corrected chi connectivity index (χ2v) is 8.99. The molecule has 4 aromatic rings. The summed E-state index contributed by atoms with van der Waals surface area (Å²) >= 11 is 1.29. The lowest BCUT2D eigenvalue weighted by Crippen LogP contribution is -2.40. The number of thiazole rings is 1. The van der Waals surface area contributed by atoms with E-state index in [1.807, 2.05) is 72.8 Å². The third-order valence-electron chi connectivity index (χ3n) is 5.81. The number of benzene rings is 2. The highest BCUT2D eigenvalue weighted by atomic mass is 32.1. The first-order valence-electron chi connectivity index (χ1n) is 11.4. The normalized spacial score (nSPS) is 15.3. The van der Waals surface area contributed by atoms with E-state index in [2.05, 4.69) is 4.98 Å². The molecule has 0 fully saturated rings. The fourth-order valence-corrected chi connectivity index (χ4v) is 5.15.